The average molecular weight is 280 g/mol. The molecule has 110 valence electrons. The SMILES string of the molecule is CCN(C(=O)COc1ccc(C(C)N)c(F)c1)C1CC1. The molecular weight excluding hydrogens is 259 g/mol. The highest BCUT2D eigenvalue weighted by molar-refractivity contribution is 5.78. The summed E-state index contributed by atoms with van der Waals surface area (Å²) in [5.41, 5.74) is 6.08. The van der Waals surface area contributed by atoms with Gasteiger partial charge in [-0.25, -0.2) is 4.39 Å². The van der Waals surface area contributed by atoms with E-state index < -0.39 is 5.82 Å². The van der Waals surface area contributed by atoms with Crippen molar-refractivity contribution in [2.45, 2.75) is 38.8 Å². The van der Waals surface area contributed by atoms with Crippen LogP contribution < -0.4 is 10.5 Å². The molecule has 1 saturated carbocycles. The maximum Gasteiger partial charge on any atom is 0.260 e. The fourth-order valence-electron chi connectivity index (χ4n) is 2.22. The molecule has 1 amide bonds. The number of hydrogen-bond acceptors (Lipinski definition) is 3. The molecule has 1 aromatic carbocycles. The van der Waals surface area contributed by atoms with Gasteiger partial charge >= 0.3 is 0 Å². The summed E-state index contributed by atoms with van der Waals surface area (Å²) >= 11 is 0. The van der Waals surface area contributed by atoms with E-state index in [1.165, 1.54) is 6.07 Å². The summed E-state index contributed by atoms with van der Waals surface area (Å²) in [7, 11) is 0. The van der Waals surface area contributed by atoms with Crippen molar-refractivity contribution in [1.82, 2.24) is 4.90 Å². The van der Waals surface area contributed by atoms with Crippen LogP contribution in [0.1, 0.15) is 38.3 Å². The molecule has 0 bridgehead atoms. The zero-order chi connectivity index (χ0) is 14.7. The second-order valence-corrected chi connectivity index (χ2v) is 5.17. The quantitative estimate of drug-likeness (QED) is 0.869. The summed E-state index contributed by atoms with van der Waals surface area (Å²) in [6, 6.07) is 4.52. The number of benzene rings is 1. The average Bonchev–Trinajstić information content (AvgIpc) is 3.21. The van der Waals surface area contributed by atoms with Gasteiger partial charge in [-0.15, -0.1) is 0 Å². The standard InChI is InChI=1S/C15H21FN2O2/c1-3-18(11-4-5-11)15(19)9-20-12-6-7-13(10(2)17)14(16)8-12/h6-8,10-11H,3-5,9,17H2,1-2H3. The molecule has 2 N–H and O–H groups in total. The van der Waals surface area contributed by atoms with Crippen molar-refractivity contribution in [3.63, 3.8) is 0 Å². The molecule has 1 fully saturated rings. The minimum Gasteiger partial charge on any atom is -0.484 e. The molecule has 4 nitrogen and oxygen atoms in total. The van der Waals surface area contributed by atoms with Gasteiger partial charge in [-0.05, 0) is 32.8 Å². The Balaban J connectivity index is 1.93. The van der Waals surface area contributed by atoms with Crippen molar-refractivity contribution in [3.05, 3.63) is 29.6 Å². The predicted molar refractivity (Wildman–Crippen MR) is 74.9 cm³/mol. The Labute approximate surface area is 118 Å². The van der Waals surface area contributed by atoms with Gasteiger partial charge in [0.05, 0.1) is 0 Å². The van der Waals surface area contributed by atoms with Gasteiger partial charge in [0.15, 0.2) is 6.61 Å². The second-order valence-electron chi connectivity index (χ2n) is 5.17. The van der Waals surface area contributed by atoms with Gasteiger partial charge < -0.3 is 15.4 Å². The van der Waals surface area contributed by atoms with E-state index in [1.807, 2.05) is 11.8 Å². The third kappa shape index (κ3) is 3.48. The van der Waals surface area contributed by atoms with Crippen molar-refractivity contribution in [3.8, 4) is 5.75 Å². The number of amides is 1. The van der Waals surface area contributed by atoms with Gasteiger partial charge in [0.1, 0.15) is 11.6 Å². The highest BCUT2D eigenvalue weighted by atomic mass is 19.1. The maximum absolute atomic E-state index is 13.7. The fourth-order valence-corrected chi connectivity index (χ4v) is 2.22. The molecular formula is C15H21FN2O2. The Morgan fingerprint density at radius 3 is 2.75 bits per heavy atom. The van der Waals surface area contributed by atoms with Crippen LogP contribution in [0.3, 0.4) is 0 Å². The van der Waals surface area contributed by atoms with E-state index in [1.54, 1.807) is 19.1 Å². The summed E-state index contributed by atoms with van der Waals surface area (Å²) in [6.45, 7) is 4.30. The molecule has 0 saturated heterocycles. The Bertz CT molecular complexity index is 487. The molecule has 1 unspecified atom stereocenters. The number of carbonyl (C=O) groups is 1. The van der Waals surface area contributed by atoms with E-state index in [2.05, 4.69) is 0 Å². The summed E-state index contributed by atoms with van der Waals surface area (Å²) in [6.07, 6.45) is 2.13. The Kier molecular flexibility index (Phi) is 4.60. The first-order chi connectivity index (χ1) is 9.52. The minimum absolute atomic E-state index is 0.0494. The van der Waals surface area contributed by atoms with Gasteiger partial charge in [-0.3, -0.25) is 4.79 Å². The molecule has 1 aliphatic rings. The lowest BCUT2D eigenvalue weighted by Gasteiger charge is -2.20. The molecule has 1 aromatic rings. The van der Waals surface area contributed by atoms with E-state index in [-0.39, 0.29) is 18.6 Å². The number of nitrogens with zero attached hydrogens (tertiary/aromatic N) is 1. The largest absolute Gasteiger partial charge is 0.484 e. The number of rotatable bonds is 6. The lowest BCUT2D eigenvalue weighted by atomic mass is 10.1. The Morgan fingerprint density at radius 2 is 2.25 bits per heavy atom. The fraction of sp³-hybridized carbons (Fsp3) is 0.533. The van der Waals surface area contributed by atoms with Gasteiger partial charge in [0, 0.05) is 30.3 Å². The van der Waals surface area contributed by atoms with Crippen LogP contribution >= 0.6 is 0 Å². The second kappa shape index (κ2) is 6.22. The lowest BCUT2D eigenvalue weighted by Crippen LogP contribution is -2.36. The maximum atomic E-state index is 13.7. The lowest BCUT2D eigenvalue weighted by molar-refractivity contribution is -0.133. The van der Waals surface area contributed by atoms with E-state index in [4.69, 9.17) is 10.5 Å². The highest BCUT2D eigenvalue weighted by Gasteiger charge is 2.31. The van der Waals surface area contributed by atoms with Crippen LogP contribution in [-0.4, -0.2) is 30.0 Å². The topological polar surface area (TPSA) is 55.6 Å². The van der Waals surface area contributed by atoms with Crippen LogP contribution in [-0.2, 0) is 4.79 Å². The molecule has 0 aromatic heterocycles. The molecule has 20 heavy (non-hydrogen) atoms. The molecule has 5 heteroatoms. The van der Waals surface area contributed by atoms with Gasteiger partial charge in [0.25, 0.3) is 5.91 Å². The van der Waals surface area contributed by atoms with E-state index in [0.29, 0.717) is 23.9 Å². The molecule has 1 aliphatic carbocycles. The summed E-state index contributed by atoms with van der Waals surface area (Å²) in [5.74, 6) is -0.0988. The monoisotopic (exact) mass is 280 g/mol. The Hall–Kier alpha value is -1.62. The molecule has 1 atom stereocenters. The zero-order valence-electron chi connectivity index (χ0n) is 11.9. The third-order valence-electron chi connectivity index (χ3n) is 3.47. The number of carbonyl (C=O) groups excluding carboxylic acids is 1. The van der Waals surface area contributed by atoms with E-state index in [0.717, 1.165) is 12.8 Å². The molecule has 0 radical (unpaired) electrons. The van der Waals surface area contributed by atoms with Crippen molar-refractivity contribution in [2.75, 3.05) is 13.2 Å². The first-order valence-corrected chi connectivity index (χ1v) is 7.00. The smallest absolute Gasteiger partial charge is 0.260 e. The molecule has 2 rings (SSSR count). The van der Waals surface area contributed by atoms with Crippen molar-refractivity contribution in [2.24, 2.45) is 5.73 Å². The van der Waals surface area contributed by atoms with E-state index >= 15 is 0 Å². The van der Waals surface area contributed by atoms with Gasteiger partial charge in [0.2, 0.25) is 0 Å². The van der Waals surface area contributed by atoms with Gasteiger partial charge in [-0.2, -0.15) is 0 Å². The highest BCUT2D eigenvalue weighted by Crippen LogP contribution is 2.27. The van der Waals surface area contributed by atoms with Crippen LogP contribution in [0.15, 0.2) is 18.2 Å². The Morgan fingerprint density at radius 1 is 1.55 bits per heavy atom. The molecule has 0 spiro atoms. The normalized spacial score (nSPS) is 15.8. The summed E-state index contributed by atoms with van der Waals surface area (Å²) in [5, 5.41) is 0. The first-order valence-electron chi connectivity index (χ1n) is 7.00. The van der Waals surface area contributed by atoms with E-state index in [9.17, 15) is 9.18 Å². The van der Waals surface area contributed by atoms with Crippen LogP contribution in [0, 0.1) is 5.82 Å². The van der Waals surface area contributed by atoms with Crippen LogP contribution in [0.2, 0.25) is 0 Å². The van der Waals surface area contributed by atoms with Crippen LogP contribution in [0.5, 0.6) is 5.75 Å². The third-order valence-corrected chi connectivity index (χ3v) is 3.47. The predicted octanol–water partition coefficient (Wildman–Crippen LogP) is 2.24. The zero-order valence-corrected chi connectivity index (χ0v) is 11.9. The number of likely N-dealkylation sites (N-methyl/N-ethyl adjacent to an activating group) is 1. The number of hydrogen-bond donors (Lipinski definition) is 1. The number of ether oxygens (including phenoxy) is 1. The first kappa shape index (κ1) is 14.8. The molecule has 0 aliphatic heterocycles. The van der Waals surface area contributed by atoms with Crippen molar-refractivity contribution >= 4 is 5.91 Å². The summed E-state index contributed by atoms with van der Waals surface area (Å²) in [4.78, 5) is 13.8. The number of halogens is 1. The van der Waals surface area contributed by atoms with Crippen LogP contribution in [0.25, 0.3) is 0 Å². The van der Waals surface area contributed by atoms with Crippen molar-refractivity contribution in [1.29, 1.82) is 0 Å². The molecule has 0 heterocycles. The number of nitrogens with two attached hydrogens (primary N) is 1. The van der Waals surface area contributed by atoms with Crippen LogP contribution in [0.4, 0.5) is 4.39 Å². The summed E-state index contributed by atoms with van der Waals surface area (Å²) < 4.78 is 19.1. The van der Waals surface area contributed by atoms with Gasteiger partial charge in [-0.1, -0.05) is 6.07 Å². The van der Waals surface area contributed by atoms with Crippen molar-refractivity contribution < 1.29 is 13.9 Å². The minimum atomic E-state index is -0.403.